The summed E-state index contributed by atoms with van der Waals surface area (Å²) in [7, 11) is 0. The molecule has 0 amide bonds. The van der Waals surface area contributed by atoms with E-state index >= 15 is 0 Å². The molecule has 8 nitrogen and oxygen atoms in total. The van der Waals surface area contributed by atoms with E-state index in [1.54, 1.807) is 0 Å². The van der Waals surface area contributed by atoms with Crippen molar-refractivity contribution in [3.8, 4) is 0 Å². The Balaban J connectivity index is 1.78. The first-order chi connectivity index (χ1) is 10.2. The van der Waals surface area contributed by atoms with Gasteiger partial charge in [-0.25, -0.2) is 4.90 Å². The maximum Gasteiger partial charge on any atom is 0.245 e. The van der Waals surface area contributed by atoms with Crippen LogP contribution in [0.25, 0.3) is 0 Å². The molecule has 21 heavy (non-hydrogen) atoms. The lowest BCUT2D eigenvalue weighted by atomic mass is 10.1. The zero-order valence-corrected chi connectivity index (χ0v) is 12.4. The summed E-state index contributed by atoms with van der Waals surface area (Å²) in [6.45, 7) is 1.84. The molecule has 1 saturated heterocycles. The third kappa shape index (κ3) is 2.24. The van der Waals surface area contributed by atoms with Crippen molar-refractivity contribution >= 4 is 57.6 Å². The number of hydrogen-bond acceptors (Lipinski definition) is 8. The second kappa shape index (κ2) is 4.88. The van der Waals surface area contributed by atoms with Crippen LogP contribution in [0.2, 0.25) is 0 Å². The lowest BCUT2D eigenvalue weighted by Crippen LogP contribution is -2.49. The van der Waals surface area contributed by atoms with Crippen molar-refractivity contribution in [3.05, 3.63) is 0 Å². The molecule has 0 radical (unpaired) electrons. The SMILES string of the molecule is ClC1=NC2=NC(Cl)=NC3=NC(N4CCCCC4)=NC(=N1)N23. The van der Waals surface area contributed by atoms with Gasteiger partial charge in [0.2, 0.25) is 34.4 Å². The number of guanidine groups is 4. The van der Waals surface area contributed by atoms with Crippen LogP contribution in [0.3, 0.4) is 0 Å². The van der Waals surface area contributed by atoms with Crippen LogP contribution in [0.4, 0.5) is 0 Å². The highest BCUT2D eigenvalue weighted by Gasteiger charge is 2.35. The summed E-state index contributed by atoms with van der Waals surface area (Å²) < 4.78 is 0. The molecule has 10 heteroatoms. The van der Waals surface area contributed by atoms with E-state index < -0.39 is 0 Å². The number of nitrogens with zero attached hydrogens (tertiary/aromatic N) is 8. The smallest absolute Gasteiger partial charge is 0.245 e. The van der Waals surface area contributed by atoms with Crippen molar-refractivity contribution in [2.24, 2.45) is 30.0 Å². The summed E-state index contributed by atoms with van der Waals surface area (Å²) in [5, 5.41) is 0.128. The zero-order chi connectivity index (χ0) is 14.4. The topological polar surface area (TPSA) is 80.6 Å². The molecule has 0 aromatic heterocycles. The number of aliphatic imine (C=N–C) groups is 6. The molecule has 0 atom stereocenters. The van der Waals surface area contributed by atoms with Crippen LogP contribution in [-0.4, -0.2) is 57.3 Å². The zero-order valence-electron chi connectivity index (χ0n) is 10.9. The third-order valence-electron chi connectivity index (χ3n) is 3.41. The fraction of sp³-hybridized carbons (Fsp3) is 0.455. The van der Waals surface area contributed by atoms with Crippen LogP contribution in [0, 0.1) is 0 Å². The molecule has 4 aliphatic rings. The highest BCUT2D eigenvalue weighted by molar-refractivity contribution is 6.69. The molecule has 0 saturated carbocycles. The van der Waals surface area contributed by atoms with Crippen molar-refractivity contribution in [3.63, 3.8) is 0 Å². The van der Waals surface area contributed by atoms with Gasteiger partial charge >= 0.3 is 0 Å². The summed E-state index contributed by atoms with van der Waals surface area (Å²) in [6.07, 6.45) is 3.48. The molecule has 0 spiro atoms. The average Bonchev–Trinajstić information content (AvgIpc) is 2.46. The average molecular weight is 325 g/mol. The Morgan fingerprint density at radius 2 is 1.14 bits per heavy atom. The van der Waals surface area contributed by atoms with Gasteiger partial charge in [-0.2, -0.15) is 30.0 Å². The molecule has 0 N–H and O–H groups in total. The van der Waals surface area contributed by atoms with Crippen LogP contribution in [0.1, 0.15) is 19.3 Å². The normalized spacial score (nSPS) is 24.3. The summed E-state index contributed by atoms with van der Waals surface area (Å²) in [6, 6.07) is 0. The number of rotatable bonds is 0. The lowest BCUT2D eigenvalue weighted by molar-refractivity contribution is 0.339. The number of hydrogen-bond donors (Lipinski definition) is 0. The molecule has 0 bridgehead atoms. The van der Waals surface area contributed by atoms with Gasteiger partial charge in [0.15, 0.2) is 0 Å². The monoisotopic (exact) mass is 324 g/mol. The van der Waals surface area contributed by atoms with E-state index in [0.717, 1.165) is 25.9 Å². The molecule has 0 aromatic carbocycles. The van der Waals surface area contributed by atoms with Gasteiger partial charge in [-0.15, -0.1) is 0 Å². The van der Waals surface area contributed by atoms with E-state index in [0.29, 0.717) is 17.9 Å². The molecule has 4 aliphatic heterocycles. The maximum atomic E-state index is 5.91. The Morgan fingerprint density at radius 3 is 1.81 bits per heavy atom. The Labute approximate surface area is 130 Å². The van der Waals surface area contributed by atoms with E-state index in [9.17, 15) is 0 Å². The van der Waals surface area contributed by atoms with Crippen LogP contribution < -0.4 is 0 Å². The molecule has 0 unspecified atom stereocenters. The van der Waals surface area contributed by atoms with Crippen LogP contribution in [0.15, 0.2) is 30.0 Å². The minimum atomic E-state index is 0.0642. The standard InChI is InChI=1S/C11H10Cl2N8/c12-6-14-9-15-7(13)17-11-19-8(18-10(16-6)21(9)11)20-4-2-1-3-5-20/h1-5H2. The molecular formula is C11H10Cl2N8. The third-order valence-corrected chi connectivity index (χ3v) is 3.75. The van der Waals surface area contributed by atoms with Gasteiger partial charge in [0.1, 0.15) is 0 Å². The molecule has 1 fully saturated rings. The summed E-state index contributed by atoms with van der Waals surface area (Å²) >= 11 is 11.8. The van der Waals surface area contributed by atoms with Crippen molar-refractivity contribution in [1.29, 1.82) is 0 Å². The van der Waals surface area contributed by atoms with Crippen molar-refractivity contribution < 1.29 is 0 Å². The van der Waals surface area contributed by atoms with Crippen LogP contribution in [0.5, 0.6) is 0 Å². The predicted octanol–water partition coefficient (Wildman–Crippen LogP) is 1.43. The van der Waals surface area contributed by atoms with E-state index in [1.165, 1.54) is 11.3 Å². The highest BCUT2D eigenvalue weighted by atomic mass is 35.5. The number of likely N-dealkylation sites (tertiary alicyclic amines) is 1. The van der Waals surface area contributed by atoms with Gasteiger partial charge in [0, 0.05) is 13.1 Å². The molecule has 4 rings (SSSR count). The highest BCUT2D eigenvalue weighted by Crippen LogP contribution is 2.20. The molecule has 0 aliphatic carbocycles. The first-order valence-electron chi connectivity index (χ1n) is 6.59. The summed E-state index contributed by atoms with van der Waals surface area (Å²) in [4.78, 5) is 28.9. The minimum absolute atomic E-state index is 0.0642. The molecule has 4 heterocycles. The van der Waals surface area contributed by atoms with Crippen molar-refractivity contribution in [1.82, 2.24) is 9.80 Å². The van der Waals surface area contributed by atoms with Gasteiger partial charge < -0.3 is 4.90 Å². The van der Waals surface area contributed by atoms with Gasteiger partial charge in [0.25, 0.3) is 0 Å². The predicted molar refractivity (Wildman–Crippen MR) is 83.6 cm³/mol. The second-order valence-corrected chi connectivity index (χ2v) is 5.47. The quantitative estimate of drug-likeness (QED) is 0.631. The van der Waals surface area contributed by atoms with E-state index in [-0.39, 0.29) is 16.5 Å². The second-order valence-electron chi connectivity index (χ2n) is 4.79. The summed E-state index contributed by atoms with van der Waals surface area (Å²) in [5.74, 6) is 1.60. The van der Waals surface area contributed by atoms with E-state index in [1.807, 2.05) is 0 Å². The van der Waals surface area contributed by atoms with Crippen molar-refractivity contribution in [2.45, 2.75) is 19.3 Å². The molecular weight excluding hydrogens is 315 g/mol. The largest absolute Gasteiger partial charge is 0.341 e. The van der Waals surface area contributed by atoms with Crippen LogP contribution in [-0.2, 0) is 0 Å². The van der Waals surface area contributed by atoms with Gasteiger partial charge in [-0.1, -0.05) is 0 Å². The van der Waals surface area contributed by atoms with Gasteiger partial charge in [-0.3, -0.25) is 0 Å². The minimum Gasteiger partial charge on any atom is -0.341 e. The fourth-order valence-corrected chi connectivity index (χ4v) is 2.76. The van der Waals surface area contributed by atoms with E-state index in [4.69, 9.17) is 23.2 Å². The Kier molecular flexibility index (Phi) is 3.00. The first-order valence-corrected chi connectivity index (χ1v) is 7.34. The maximum absolute atomic E-state index is 5.91. The van der Waals surface area contributed by atoms with Crippen molar-refractivity contribution in [2.75, 3.05) is 13.1 Å². The lowest BCUT2D eigenvalue weighted by Gasteiger charge is -2.33. The molecule has 108 valence electrons. The summed E-state index contributed by atoms with van der Waals surface area (Å²) in [5.41, 5.74) is 0. The van der Waals surface area contributed by atoms with E-state index in [2.05, 4.69) is 34.9 Å². The van der Waals surface area contributed by atoms with Crippen LogP contribution >= 0.6 is 23.2 Å². The Bertz CT molecular complexity index is 678. The number of piperidine rings is 1. The van der Waals surface area contributed by atoms with Gasteiger partial charge in [-0.05, 0) is 42.5 Å². The number of halogens is 2. The number of amidine groups is 2. The Hall–Kier alpha value is -1.80. The Morgan fingerprint density at radius 1 is 0.619 bits per heavy atom. The molecule has 0 aromatic rings. The first kappa shape index (κ1) is 12.9. The van der Waals surface area contributed by atoms with Gasteiger partial charge in [0.05, 0.1) is 0 Å². The fourth-order valence-electron chi connectivity index (χ4n) is 2.46.